The lowest BCUT2D eigenvalue weighted by atomic mass is 9.86. The van der Waals surface area contributed by atoms with Crippen molar-refractivity contribution in [1.29, 1.82) is 0 Å². The second-order valence-corrected chi connectivity index (χ2v) is 5.13. The van der Waals surface area contributed by atoms with Gasteiger partial charge in [-0.25, -0.2) is 0 Å². The predicted octanol–water partition coefficient (Wildman–Crippen LogP) is 3.92. The molecule has 0 radical (unpaired) electrons. The number of aliphatic hydroxyl groups is 1. The van der Waals surface area contributed by atoms with Crippen molar-refractivity contribution in [2.24, 2.45) is 0 Å². The monoisotopic (exact) mass is 258 g/mol. The molecule has 0 saturated heterocycles. The molecule has 0 amide bonds. The summed E-state index contributed by atoms with van der Waals surface area (Å²) < 4.78 is 38.2. The van der Waals surface area contributed by atoms with Crippen LogP contribution >= 0.6 is 0 Å². The van der Waals surface area contributed by atoms with Gasteiger partial charge in [-0.3, -0.25) is 0 Å². The predicted molar refractivity (Wildman–Crippen MR) is 66.3 cm³/mol. The normalized spacial score (nSPS) is 13.8. The lowest BCUT2D eigenvalue weighted by Gasteiger charge is -2.20. The Hall–Kier alpha value is -1.29. The Morgan fingerprint density at radius 3 is 1.94 bits per heavy atom. The van der Waals surface area contributed by atoms with Crippen LogP contribution in [0.4, 0.5) is 13.2 Å². The van der Waals surface area contributed by atoms with Gasteiger partial charge in [-0.1, -0.05) is 45.0 Å². The van der Waals surface area contributed by atoms with Crippen LogP contribution in [0, 0.1) is 0 Å². The number of alkyl halides is 3. The molecule has 18 heavy (non-hydrogen) atoms. The summed E-state index contributed by atoms with van der Waals surface area (Å²) in [6.45, 7) is 5.36. The van der Waals surface area contributed by atoms with Crippen molar-refractivity contribution >= 4 is 5.57 Å². The average Bonchev–Trinajstić information content (AvgIpc) is 2.23. The summed E-state index contributed by atoms with van der Waals surface area (Å²) in [4.78, 5) is 0. The van der Waals surface area contributed by atoms with E-state index in [9.17, 15) is 13.2 Å². The highest BCUT2D eigenvalue weighted by molar-refractivity contribution is 5.69. The number of benzene rings is 1. The zero-order valence-electron chi connectivity index (χ0n) is 10.7. The van der Waals surface area contributed by atoms with Gasteiger partial charge in [-0.2, -0.15) is 13.2 Å². The highest BCUT2D eigenvalue weighted by atomic mass is 19.4. The van der Waals surface area contributed by atoms with Crippen LogP contribution in [0.5, 0.6) is 0 Å². The fraction of sp³-hybridized carbons (Fsp3) is 0.429. The Morgan fingerprint density at radius 2 is 1.61 bits per heavy atom. The number of hydrogen-bond donors (Lipinski definition) is 1. The zero-order chi connectivity index (χ0) is 14.0. The summed E-state index contributed by atoms with van der Waals surface area (Å²) in [6.07, 6.45) is -3.67. The van der Waals surface area contributed by atoms with E-state index in [1.54, 1.807) is 12.1 Å². The lowest BCUT2D eigenvalue weighted by Crippen LogP contribution is -2.13. The molecule has 0 spiro atoms. The first-order valence-corrected chi connectivity index (χ1v) is 5.65. The van der Waals surface area contributed by atoms with Crippen LogP contribution in [0.25, 0.3) is 5.57 Å². The van der Waals surface area contributed by atoms with Gasteiger partial charge in [0.05, 0.1) is 12.2 Å². The first kappa shape index (κ1) is 14.8. The van der Waals surface area contributed by atoms with Crippen LogP contribution < -0.4 is 0 Å². The smallest absolute Gasteiger partial charge is 0.392 e. The molecule has 0 atom stereocenters. The van der Waals surface area contributed by atoms with E-state index in [-0.39, 0.29) is 11.0 Å². The Kier molecular flexibility index (Phi) is 4.22. The number of hydrogen-bond acceptors (Lipinski definition) is 1. The molecule has 0 unspecified atom stereocenters. The molecular formula is C14H17F3O. The summed E-state index contributed by atoms with van der Waals surface area (Å²) in [5.74, 6) is 0. The van der Waals surface area contributed by atoms with Crippen LogP contribution in [0.3, 0.4) is 0 Å². The van der Waals surface area contributed by atoms with Crippen molar-refractivity contribution in [3.05, 3.63) is 41.5 Å². The number of halogens is 3. The van der Waals surface area contributed by atoms with Crippen LogP contribution in [-0.2, 0) is 5.41 Å². The van der Waals surface area contributed by atoms with E-state index in [1.165, 1.54) is 12.1 Å². The molecule has 1 aromatic rings. The Bertz CT molecular complexity index is 422. The Balaban J connectivity index is 3.14. The highest BCUT2D eigenvalue weighted by Gasteiger charge is 2.34. The number of aliphatic hydroxyl groups excluding tert-OH is 1. The lowest BCUT2D eigenvalue weighted by molar-refractivity contribution is -0.0692. The molecule has 0 bridgehead atoms. The average molecular weight is 258 g/mol. The standard InChI is InChI=1S/C14H17F3O/c1-13(2,3)11-6-4-10(5-7-11)12(8-9-18)14(15,16)17/h4-8,18H,9H2,1-3H3/b12-8+. The SMILES string of the molecule is CC(C)(C)c1ccc(/C(=C\CO)C(F)(F)F)cc1. The van der Waals surface area contributed by atoms with Crippen LogP contribution in [-0.4, -0.2) is 17.9 Å². The largest absolute Gasteiger partial charge is 0.416 e. The third kappa shape index (κ3) is 3.60. The fourth-order valence-electron chi connectivity index (χ4n) is 1.64. The van der Waals surface area contributed by atoms with Gasteiger partial charge in [0.2, 0.25) is 0 Å². The van der Waals surface area contributed by atoms with E-state index < -0.39 is 18.4 Å². The molecule has 1 nitrogen and oxygen atoms in total. The molecule has 0 aliphatic rings. The van der Waals surface area contributed by atoms with Crippen molar-refractivity contribution in [3.63, 3.8) is 0 Å². The van der Waals surface area contributed by atoms with E-state index in [0.29, 0.717) is 0 Å². The maximum Gasteiger partial charge on any atom is 0.416 e. The van der Waals surface area contributed by atoms with E-state index in [4.69, 9.17) is 5.11 Å². The van der Waals surface area contributed by atoms with Crippen molar-refractivity contribution < 1.29 is 18.3 Å². The van der Waals surface area contributed by atoms with Crippen molar-refractivity contribution in [1.82, 2.24) is 0 Å². The Morgan fingerprint density at radius 1 is 1.11 bits per heavy atom. The van der Waals surface area contributed by atoms with Gasteiger partial charge in [0.15, 0.2) is 0 Å². The third-order valence-corrected chi connectivity index (χ3v) is 2.66. The summed E-state index contributed by atoms with van der Waals surface area (Å²) in [5.41, 5.74) is 0.143. The van der Waals surface area contributed by atoms with Gasteiger partial charge in [-0.05, 0) is 22.6 Å². The molecule has 0 aliphatic carbocycles. The molecule has 0 saturated carbocycles. The van der Waals surface area contributed by atoms with Gasteiger partial charge in [0.1, 0.15) is 0 Å². The summed E-state index contributed by atoms with van der Waals surface area (Å²) >= 11 is 0. The molecule has 1 N–H and O–H groups in total. The summed E-state index contributed by atoms with van der Waals surface area (Å²) in [5, 5.41) is 8.67. The van der Waals surface area contributed by atoms with Crippen LogP contribution in [0.15, 0.2) is 30.3 Å². The maximum atomic E-state index is 12.7. The van der Waals surface area contributed by atoms with Crippen molar-refractivity contribution in [3.8, 4) is 0 Å². The highest BCUT2D eigenvalue weighted by Crippen LogP contribution is 2.34. The number of allylic oxidation sites excluding steroid dienone is 1. The molecular weight excluding hydrogens is 241 g/mol. The van der Waals surface area contributed by atoms with Gasteiger partial charge in [0, 0.05) is 0 Å². The van der Waals surface area contributed by atoms with E-state index >= 15 is 0 Å². The second kappa shape index (κ2) is 5.14. The molecule has 1 aromatic carbocycles. The molecule has 4 heteroatoms. The van der Waals surface area contributed by atoms with E-state index in [1.807, 2.05) is 20.8 Å². The van der Waals surface area contributed by atoms with Gasteiger partial charge in [0.25, 0.3) is 0 Å². The van der Waals surface area contributed by atoms with Crippen LogP contribution in [0.1, 0.15) is 31.9 Å². The molecule has 0 aliphatic heterocycles. The number of rotatable bonds is 2. The molecule has 1 rings (SSSR count). The van der Waals surface area contributed by atoms with E-state index in [2.05, 4.69) is 0 Å². The van der Waals surface area contributed by atoms with Crippen molar-refractivity contribution in [2.75, 3.05) is 6.61 Å². The fourth-order valence-corrected chi connectivity index (χ4v) is 1.64. The molecule has 100 valence electrons. The molecule has 0 fully saturated rings. The van der Waals surface area contributed by atoms with Crippen molar-refractivity contribution in [2.45, 2.75) is 32.4 Å². The Labute approximate surface area is 105 Å². The minimum Gasteiger partial charge on any atom is -0.392 e. The first-order chi connectivity index (χ1) is 8.16. The summed E-state index contributed by atoms with van der Waals surface area (Å²) in [6, 6.07) is 6.25. The van der Waals surface area contributed by atoms with Gasteiger partial charge >= 0.3 is 6.18 Å². The second-order valence-electron chi connectivity index (χ2n) is 5.13. The zero-order valence-corrected chi connectivity index (χ0v) is 10.7. The summed E-state index contributed by atoms with van der Waals surface area (Å²) in [7, 11) is 0. The minimum absolute atomic E-state index is 0.0737. The quantitative estimate of drug-likeness (QED) is 0.852. The maximum absolute atomic E-state index is 12.7. The van der Waals surface area contributed by atoms with Gasteiger partial charge < -0.3 is 5.11 Å². The van der Waals surface area contributed by atoms with Gasteiger partial charge in [-0.15, -0.1) is 0 Å². The minimum atomic E-state index is -4.45. The molecule has 0 heterocycles. The molecule has 0 aromatic heterocycles. The topological polar surface area (TPSA) is 20.2 Å². The van der Waals surface area contributed by atoms with E-state index in [0.717, 1.165) is 11.6 Å². The first-order valence-electron chi connectivity index (χ1n) is 5.65. The van der Waals surface area contributed by atoms with Crippen LogP contribution in [0.2, 0.25) is 0 Å². The third-order valence-electron chi connectivity index (χ3n) is 2.66.